The van der Waals surface area contributed by atoms with Gasteiger partial charge in [0.2, 0.25) is 5.91 Å². The second-order valence-electron chi connectivity index (χ2n) is 6.38. The molecule has 1 heterocycles. The standard InChI is InChI=1S/C18H27FN2O2/c1-14-12-20(13-15(2)21(14)9-4-10-23-3)18(22)11-16-5-7-17(19)8-6-16/h5-8,14-15H,4,9-13H2,1-3H3. The van der Waals surface area contributed by atoms with Crippen LogP contribution in [0.2, 0.25) is 0 Å². The Morgan fingerprint density at radius 1 is 1.22 bits per heavy atom. The van der Waals surface area contributed by atoms with E-state index in [9.17, 15) is 9.18 Å². The molecule has 1 aromatic rings. The van der Waals surface area contributed by atoms with E-state index in [0.717, 1.165) is 38.2 Å². The molecule has 128 valence electrons. The van der Waals surface area contributed by atoms with Gasteiger partial charge in [-0.1, -0.05) is 12.1 Å². The Kier molecular flexibility index (Phi) is 6.54. The summed E-state index contributed by atoms with van der Waals surface area (Å²) in [5.41, 5.74) is 0.860. The number of amides is 1. The molecule has 5 heteroatoms. The lowest BCUT2D eigenvalue weighted by Crippen LogP contribution is -2.58. The summed E-state index contributed by atoms with van der Waals surface area (Å²) in [5.74, 6) is -0.153. The van der Waals surface area contributed by atoms with Crippen LogP contribution in [0.4, 0.5) is 4.39 Å². The smallest absolute Gasteiger partial charge is 0.227 e. The van der Waals surface area contributed by atoms with Crippen LogP contribution in [-0.4, -0.2) is 61.1 Å². The van der Waals surface area contributed by atoms with Crippen molar-refractivity contribution >= 4 is 5.91 Å². The molecule has 0 N–H and O–H groups in total. The van der Waals surface area contributed by atoms with Gasteiger partial charge in [-0.15, -0.1) is 0 Å². The third-order valence-corrected chi connectivity index (χ3v) is 4.49. The second-order valence-corrected chi connectivity index (χ2v) is 6.38. The minimum absolute atomic E-state index is 0.117. The highest BCUT2D eigenvalue weighted by Gasteiger charge is 2.31. The maximum Gasteiger partial charge on any atom is 0.227 e. The van der Waals surface area contributed by atoms with Gasteiger partial charge in [0.1, 0.15) is 5.82 Å². The summed E-state index contributed by atoms with van der Waals surface area (Å²) in [6.45, 7) is 7.59. The average molecular weight is 322 g/mol. The Hall–Kier alpha value is -1.46. The molecule has 0 saturated carbocycles. The molecule has 4 nitrogen and oxygen atoms in total. The van der Waals surface area contributed by atoms with Gasteiger partial charge in [-0.3, -0.25) is 9.69 Å². The van der Waals surface area contributed by atoms with E-state index in [1.54, 1.807) is 19.2 Å². The van der Waals surface area contributed by atoms with Crippen LogP contribution in [-0.2, 0) is 16.0 Å². The van der Waals surface area contributed by atoms with Crippen LogP contribution in [0.3, 0.4) is 0 Å². The lowest BCUT2D eigenvalue weighted by atomic mass is 10.1. The Morgan fingerprint density at radius 3 is 2.39 bits per heavy atom. The van der Waals surface area contributed by atoms with Crippen molar-refractivity contribution in [3.63, 3.8) is 0 Å². The fraction of sp³-hybridized carbons (Fsp3) is 0.611. The van der Waals surface area contributed by atoms with Crippen molar-refractivity contribution in [1.29, 1.82) is 0 Å². The molecule has 2 unspecified atom stereocenters. The number of carbonyl (C=O) groups is 1. The van der Waals surface area contributed by atoms with Crippen LogP contribution in [0.15, 0.2) is 24.3 Å². The monoisotopic (exact) mass is 322 g/mol. The van der Waals surface area contributed by atoms with Crippen LogP contribution in [0.25, 0.3) is 0 Å². The van der Waals surface area contributed by atoms with Crippen LogP contribution < -0.4 is 0 Å². The molecule has 23 heavy (non-hydrogen) atoms. The van der Waals surface area contributed by atoms with Gasteiger partial charge in [-0.25, -0.2) is 4.39 Å². The van der Waals surface area contributed by atoms with Gasteiger partial charge in [0.15, 0.2) is 0 Å². The zero-order valence-corrected chi connectivity index (χ0v) is 14.3. The van der Waals surface area contributed by atoms with Crippen molar-refractivity contribution < 1.29 is 13.9 Å². The highest BCUT2D eigenvalue weighted by Crippen LogP contribution is 2.17. The Balaban J connectivity index is 1.89. The van der Waals surface area contributed by atoms with Gasteiger partial charge in [0, 0.05) is 45.4 Å². The van der Waals surface area contributed by atoms with E-state index in [0.29, 0.717) is 18.5 Å². The maximum atomic E-state index is 12.9. The fourth-order valence-corrected chi connectivity index (χ4v) is 3.28. The predicted octanol–water partition coefficient (Wildman–Crippen LogP) is 2.33. The van der Waals surface area contributed by atoms with Gasteiger partial charge in [0.25, 0.3) is 0 Å². The minimum atomic E-state index is -0.270. The van der Waals surface area contributed by atoms with E-state index in [-0.39, 0.29) is 11.7 Å². The third kappa shape index (κ3) is 5.01. The quantitative estimate of drug-likeness (QED) is 0.754. The number of hydrogen-bond acceptors (Lipinski definition) is 3. The molecule has 1 fully saturated rings. The van der Waals surface area contributed by atoms with Crippen molar-refractivity contribution in [2.24, 2.45) is 0 Å². The normalized spacial score (nSPS) is 22.3. The van der Waals surface area contributed by atoms with Crippen molar-refractivity contribution in [2.75, 3.05) is 33.4 Å². The number of carbonyl (C=O) groups excluding carboxylic acids is 1. The van der Waals surface area contributed by atoms with Crippen LogP contribution >= 0.6 is 0 Å². The molecule has 2 atom stereocenters. The summed E-state index contributed by atoms with van der Waals surface area (Å²) in [4.78, 5) is 16.9. The highest BCUT2D eigenvalue weighted by molar-refractivity contribution is 5.79. The summed E-state index contributed by atoms with van der Waals surface area (Å²) in [6.07, 6.45) is 1.35. The molecule has 0 aliphatic carbocycles. The highest BCUT2D eigenvalue weighted by atomic mass is 19.1. The van der Waals surface area contributed by atoms with Gasteiger partial charge >= 0.3 is 0 Å². The average Bonchev–Trinajstić information content (AvgIpc) is 2.52. The number of halogens is 1. The Labute approximate surface area is 138 Å². The van der Waals surface area contributed by atoms with E-state index >= 15 is 0 Å². The topological polar surface area (TPSA) is 32.8 Å². The number of piperazine rings is 1. The van der Waals surface area contributed by atoms with Crippen LogP contribution in [0.1, 0.15) is 25.8 Å². The first kappa shape index (κ1) is 17.9. The number of rotatable bonds is 6. The second kappa shape index (κ2) is 8.41. The third-order valence-electron chi connectivity index (χ3n) is 4.49. The lowest BCUT2D eigenvalue weighted by molar-refractivity contribution is -0.134. The maximum absolute atomic E-state index is 12.9. The van der Waals surface area contributed by atoms with Gasteiger partial charge < -0.3 is 9.64 Å². The number of methoxy groups -OCH3 is 1. The number of hydrogen-bond donors (Lipinski definition) is 0. The Bertz CT molecular complexity index is 494. The van der Waals surface area contributed by atoms with Gasteiger partial charge in [0.05, 0.1) is 6.42 Å². The summed E-state index contributed by atoms with van der Waals surface area (Å²) >= 11 is 0. The van der Waals surface area contributed by atoms with E-state index in [1.165, 1.54) is 12.1 Å². The number of ether oxygens (including phenoxy) is 1. The zero-order valence-electron chi connectivity index (χ0n) is 14.3. The SMILES string of the molecule is COCCCN1C(C)CN(C(=O)Cc2ccc(F)cc2)CC1C. The van der Waals surface area contributed by atoms with E-state index in [1.807, 2.05) is 4.90 Å². The molecular weight excluding hydrogens is 295 g/mol. The number of benzene rings is 1. The molecule has 0 aromatic heterocycles. The van der Waals surface area contributed by atoms with Crippen molar-refractivity contribution in [1.82, 2.24) is 9.80 Å². The summed E-state index contributed by atoms with van der Waals surface area (Å²) in [7, 11) is 1.72. The van der Waals surface area contributed by atoms with Crippen molar-refractivity contribution in [3.8, 4) is 0 Å². The summed E-state index contributed by atoms with van der Waals surface area (Å²) in [5, 5.41) is 0. The molecule has 0 radical (unpaired) electrons. The van der Waals surface area contributed by atoms with Gasteiger partial charge in [-0.05, 0) is 38.0 Å². The van der Waals surface area contributed by atoms with E-state index in [4.69, 9.17) is 4.74 Å². The lowest BCUT2D eigenvalue weighted by Gasteiger charge is -2.44. The van der Waals surface area contributed by atoms with Crippen LogP contribution in [0.5, 0.6) is 0 Å². The Morgan fingerprint density at radius 2 is 1.83 bits per heavy atom. The molecule has 2 rings (SSSR count). The summed E-state index contributed by atoms with van der Waals surface area (Å²) in [6, 6.07) is 6.85. The van der Waals surface area contributed by atoms with Gasteiger partial charge in [-0.2, -0.15) is 0 Å². The molecule has 1 aliphatic rings. The fourth-order valence-electron chi connectivity index (χ4n) is 3.28. The molecular formula is C18H27FN2O2. The molecule has 0 bridgehead atoms. The largest absolute Gasteiger partial charge is 0.385 e. The van der Waals surface area contributed by atoms with E-state index in [2.05, 4.69) is 18.7 Å². The molecule has 0 spiro atoms. The first-order valence-electron chi connectivity index (χ1n) is 8.28. The zero-order chi connectivity index (χ0) is 16.8. The summed E-state index contributed by atoms with van der Waals surface area (Å²) < 4.78 is 18.1. The predicted molar refractivity (Wildman–Crippen MR) is 88.8 cm³/mol. The number of nitrogens with zero attached hydrogens (tertiary/aromatic N) is 2. The molecule has 1 aliphatic heterocycles. The first-order valence-corrected chi connectivity index (χ1v) is 8.28. The molecule has 1 aromatic carbocycles. The minimum Gasteiger partial charge on any atom is -0.385 e. The van der Waals surface area contributed by atoms with Crippen molar-refractivity contribution in [3.05, 3.63) is 35.6 Å². The van der Waals surface area contributed by atoms with Crippen LogP contribution in [0, 0.1) is 5.82 Å². The molecule has 1 amide bonds. The molecule has 1 saturated heterocycles. The van der Waals surface area contributed by atoms with E-state index < -0.39 is 0 Å². The van der Waals surface area contributed by atoms with Crippen molar-refractivity contribution in [2.45, 2.75) is 38.8 Å². The first-order chi connectivity index (χ1) is 11.0.